The molecule has 0 bridgehead atoms. The molecule has 2 aliphatic rings. The quantitative estimate of drug-likeness (QED) is 0.871. The normalized spacial score (nSPS) is 17.4. The van der Waals surface area contributed by atoms with Gasteiger partial charge in [0.2, 0.25) is 0 Å². The fourth-order valence-corrected chi connectivity index (χ4v) is 2.51. The van der Waals surface area contributed by atoms with Crippen LogP contribution in [0.25, 0.3) is 11.8 Å². The molecule has 0 fully saturated rings. The fourth-order valence-electron chi connectivity index (χ4n) is 2.51. The number of hydrogen-bond acceptors (Lipinski definition) is 4. The minimum atomic E-state index is -0.601. The van der Waals surface area contributed by atoms with Crippen molar-refractivity contribution in [1.82, 2.24) is 4.90 Å². The van der Waals surface area contributed by atoms with E-state index in [0.717, 1.165) is 16.8 Å². The van der Waals surface area contributed by atoms with E-state index in [0.29, 0.717) is 12.3 Å². The summed E-state index contributed by atoms with van der Waals surface area (Å²) in [5, 5.41) is 0. The van der Waals surface area contributed by atoms with Crippen LogP contribution in [0.3, 0.4) is 0 Å². The molecule has 1 unspecified atom stereocenters. The van der Waals surface area contributed by atoms with Crippen LogP contribution in [-0.4, -0.2) is 23.5 Å². The number of esters is 1. The molecule has 2 aliphatic heterocycles. The van der Waals surface area contributed by atoms with Gasteiger partial charge in [-0.1, -0.05) is 38.1 Å². The Morgan fingerprint density at radius 1 is 1.32 bits per heavy atom. The summed E-state index contributed by atoms with van der Waals surface area (Å²) < 4.78 is 5.45. The highest BCUT2D eigenvalue weighted by Gasteiger charge is 2.23. The standard InChI is InChI=1S/C18H20N2O2/c1-12(2)17(19)18(21)22-14-8-10-20-9-7-13-5-3-4-6-15(13)16(20)11-14/h3-9,11-12,17H,10,19H2,1-2H3. The van der Waals surface area contributed by atoms with Crippen molar-refractivity contribution in [2.75, 3.05) is 6.54 Å². The molecule has 1 atom stereocenters. The molecule has 0 aromatic heterocycles. The fraction of sp³-hybridized carbons (Fsp3) is 0.278. The maximum atomic E-state index is 12.0. The van der Waals surface area contributed by atoms with Crippen molar-refractivity contribution in [3.63, 3.8) is 0 Å². The third-order valence-corrected chi connectivity index (χ3v) is 3.96. The monoisotopic (exact) mass is 296 g/mol. The molecule has 0 amide bonds. The van der Waals surface area contributed by atoms with E-state index in [9.17, 15) is 4.79 Å². The summed E-state index contributed by atoms with van der Waals surface area (Å²) in [5.74, 6) is 0.239. The summed E-state index contributed by atoms with van der Waals surface area (Å²) in [7, 11) is 0. The molecule has 22 heavy (non-hydrogen) atoms. The zero-order chi connectivity index (χ0) is 15.7. The smallest absolute Gasteiger partial charge is 0.328 e. The van der Waals surface area contributed by atoms with Crippen molar-refractivity contribution in [3.8, 4) is 0 Å². The van der Waals surface area contributed by atoms with E-state index in [-0.39, 0.29) is 11.9 Å². The van der Waals surface area contributed by atoms with E-state index in [2.05, 4.69) is 23.1 Å². The predicted molar refractivity (Wildman–Crippen MR) is 87.1 cm³/mol. The summed E-state index contributed by atoms with van der Waals surface area (Å²) in [4.78, 5) is 14.1. The van der Waals surface area contributed by atoms with Crippen LogP contribution in [-0.2, 0) is 9.53 Å². The van der Waals surface area contributed by atoms with Gasteiger partial charge in [0.15, 0.2) is 0 Å². The lowest BCUT2D eigenvalue weighted by molar-refractivity contribution is -0.141. The van der Waals surface area contributed by atoms with Gasteiger partial charge < -0.3 is 15.4 Å². The molecule has 3 rings (SSSR count). The van der Waals surface area contributed by atoms with Crippen LogP contribution >= 0.6 is 0 Å². The first-order chi connectivity index (χ1) is 10.6. The van der Waals surface area contributed by atoms with Gasteiger partial charge in [0.25, 0.3) is 0 Å². The van der Waals surface area contributed by atoms with Crippen molar-refractivity contribution in [3.05, 3.63) is 59.5 Å². The lowest BCUT2D eigenvalue weighted by Gasteiger charge is -2.30. The van der Waals surface area contributed by atoms with Gasteiger partial charge in [-0.3, -0.25) is 0 Å². The number of benzene rings is 1. The number of ether oxygens (including phenoxy) is 1. The first-order valence-corrected chi connectivity index (χ1v) is 7.49. The van der Waals surface area contributed by atoms with Gasteiger partial charge in [0, 0.05) is 24.4 Å². The number of rotatable bonds is 3. The second kappa shape index (κ2) is 5.81. The number of allylic oxidation sites excluding steroid dienone is 1. The Kier molecular flexibility index (Phi) is 3.86. The third kappa shape index (κ3) is 2.70. The average Bonchev–Trinajstić information content (AvgIpc) is 2.53. The highest BCUT2D eigenvalue weighted by atomic mass is 16.5. The molecular weight excluding hydrogens is 276 g/mol. The minimum Gasteiger partial charge on any atom is -0.426 e. The SMILES string of the molecule is CC(C)C(N)C(=O)OC1=CCN2C=Cc3ccccc3C2=C1. The number of fused-ring (bicyclic) bond motifs is 3. The molecule has 1 aromatic rings. The first-order valence-electron chi connectivity index (χ1n) is 7.49. The molecule has 2 N–H and O–H groups in total. The van der Waals surface area contributed by atoms with Crippen molar-refractivity contribution >= 4 is 17.7 Å². The largest absolute Gasteiger partial charge is 0.426 e. The van der Waals surface area contributed by atoms with Crippen LogP contribution in [0.2, 0.25) is 0 Å². The van der Waals surface area contributed by atoms with Crippen molar-refractivity contribution < 1.29 is 9.53 Å². The van der Waals surface area contributed by atoms with E-state index in [1.54, 1.807) is 0 Å². The lowest BCUT2D eigenvalue weighted by atomic mass is 9.98. The maximum absolute atomic E-state index is 12.0. The minimum absolute atomic E-state index is 0.0548. The number of carbonyl (C=O) groups is 1. The van der Waals surface area contributed by atoms with E-state index >= 15 is 0 Å². The Hall–Kier alpha value is -2.33. The Balaban J connectivity index is 1.84. The maximum Gasteiger partial charge on any atom is 0.328 e. The van der Waals surface area contributed by atoms with Crippen molar-refractivity contribution in [2.24, 2.45) is 11.7 Å². The van der Waals surface area contributed by atoms with Gasteiger partial charge in [0.05, 0.1) is 5.70 Å². The number of nitrogens with zero attached hydrogens (tertiary/aromatic N) is 1. The first kappa shape index (κ1) is 14.6. The van der Waals surface area contributed by atoms with Crippen LogP contribution in [0, 0.1) is 5.92 Å². The predicted octanol–water partition coefficient (Wildman–Crippen LogP) is 2.74. The van der Waals surface area contributed by atoms with Crippen LogP contribution in [0.5, 0.6) is 0 Å². The number of nitrogens with two attached hydrogens (primary N) is 1. The molecule has 114 valence electrons. The van der Waals surface area contributed by atoms with Gasteiger partial charge in [-0.05, 0) is 23.6 Å². The summed E-state index contributed by atoms with van der Waals surface area (Å²) in [6.45, 7) is 4.49. The van der Waals surface area contributed by atoms with E-state index in [1.807, 2.05) is 44.3 Å². The number of carbonyl (C=O) groups excluding carboxylic acids is 1. The number of hydrogen-bond donors (Lipinski definition) is 1. The molecule has 4 nitrogen and oxygen atoms in total. The Morgan fingerprint density at radius 3 is 2.86 bits per heavy atom. The lowest BCUT2D eigenvalue weighted by Crippen LogP contribution is -2.37. The molecule has 0 spiro atoms. The molecule has 2 heterocycles. The Labute approximate surface area is 130 Å². The molecular formula is C18H20N2O2. The molecule has 4 heteroatoms. The van der Waals surface area contributed by atoms with Crippen LogP contribution < -0.4 is 5.73 Å². The summed E-state index contributed by atoms with van der Waals surface area (Å²) in [6.07, 6.45) is 7.93. The van der Waals surface area contributed by atoms with Gasteiger partial charge in [-0.25, -0.2) is 4.79 Å². The third-order valence-electron chi connectivity index (χ3n) is 3.96. The van der Waals surface area contributed by atoms with Gasteiger partial charge in [-0.2, -0.15) is 0 Å². The van der Waals surface area contributed by atoms with E-state index < -0.39 is 6.04 Å². The highest BCUT2D eigenvalue weighted by Crippen LogP contribution is 2.32. The molecule has 0 aliphatic carbocycles. The van der Waals surface area contributed by atoms with Crippen LogP contribution in [0.4, 0.5) is 0 Å². The molecule has 1 aromatic carbocycles. The molecule has 0 radical (unpaired) electrons. The average molecular weight is 296 g/mol. The highest BCUT2D eigenvalue weighted by molar-refractivity contribution is 5.81. The zero-order valence-corrected chi connectivity index (χ0v) is 12.8. The van der Waals surface area contributed by atoms with Crippen LogP contribution in [0.1, 0.15) is 25.0 Å². The Bertz CT molecular complexity index is 686. The second-order valence-corrected chi connectivity index (χ2v) is 5.88. The van der Waals surface area contributed by atoms with Gasteiger partial charge in [0.1, 0.15) is 11.8 Å². The second-order valence-electron chi connectivity index (χ2n) is 5.88. The van der Waals surface area contributed by atoms with Gasteiger partial charge >= 0.3 is 5.97 Å². The van der Waals surface area contributed by atoms with Crippen molar-refractivity contribution in [1.29, 1.82) is 0 Å². The Morgan fingerprint density at radius 2 is 2.09 bits per heavy atom. The van der Waals surface area contributed by atoms with Crippen molar-refractivity contribution in [2.45, 2.75) is 19.9 Å². The van der Waals surface area contributed by atoms with E-state index in [4.69, 9.17) is 10.5 Å². The molecule has 0 saturated carbocycles. The van der Waals surface area contributed by atoms with E-state index in [1.165, 1.54) is 0 Å². The summed E-state index contributed by atoms with van der Waals surface area (Å²) in [5.41, 5.74) is 9.19. The van der Waals surface area contributed by atoms with Crippen LogP contribution in [0.15, 0.2) is 48.4 Å². The topological polar surface area (TPSA) is 55.6 Å². The summed E-state index contributed by atoms with van der Waals surface area (Å²) in [6, 6.07) is 7.57. The summed E-state index contributed by atoms with van der Waals surface area (Å²) >= 11 is 0. The van der Waals surface area contributed by atoms with Gasteiger partial charge in [-0.15, -0.1) is 0 Å². The zero-order valence-electron chi connectivity index (χ0n) is 12.8. The molecule has 0 saturated heterocycles.